The van der Waals surface area contributed by atoms with Crippen molar-refractivity contribution in [3.8, 4) is 0 Å². The molecule has 0 radical (unpaired) electrons. The van der Waals surface area contributed by atoms with Gasteiger partial charge in [-0.3, -0.25) is 4.79 Å². The standard InChI is InChI=1S/C14H20N4O/c1-10-8-12(14(15)19)9-13(18-10)17-7-4-11-2-5-16-6-3-11/h2,8-9,16H,3-7H2,1H3,(H2,15,19)(H,17,18). The van der Waals surface area contributed by atoms with E-state index in [0.717, 1.165) is 38.2 Å². The highest BCUT2D eigenvalue weighted by atomic mass is 16.1. The Labute approximate surface area is 113 Å². The second-order valence-electron chi connectivity index (χ2n) is 4.74. The monoisotopic (exact) mass is 260 g/mol. The van der Waals surface area contributed by atoms with Gasteiger partial charge in [0.05, 0.1) is 0 Å². The molecule has 0 aliphatic carbocycles. The number of nitrogens with zero attached hydrogens (tertiary/aromatic N) is 1. The highest BCUT2D eigenvalue weighted by Gasteiger charge is 2.06. The fraction of sp³-hybridized carbons (Fsp3) is 0.429. The molecular formula is C14H20N4O. The minimum absolute atomic E-state index is 0.422. The fourth-order valence-electron chi connectivity index (χ4n) is 2.15. The van der Waals surface area contributed by atoms with Crippen LogP contribution in [-0.4, -0.2) is 30.5 Å². The zero-order valence-corrected chi connectivity index (χ0v) is 11.2. The van der Waals surface area contributed by atoms with Crippen LogP contribution in [0.4, 0.5) is 5.82 Å². The number of carbonyl (C=O) groups is 1. The summed E-state index contributed by atoms with van der Waals surface area (Å²) in [7, 11) is 0. The molecule has 0 aromatic carbocycles. The van der Waals surface area contributed by atoms with Gasteiger partial charge in [-0.15, -0.1) is 0 Å². The minimum Gasteiger partial charge on any atom is -0.370 e. The van der Waals surface area contributed by atoms with E-state index in [1.807, 2.05) is 6.92 Å². The molecule has 5 heteroatoms. The van der Waals surface area contributed by atoms with Gasteiger partial charge in [-0.1, -0.05) is 11.6 Å². The van der Waals surface area contributed by atoms with E-state index < -0.39 is 5.91 Å². The van der Waals surface area contributed by atoms with Crippen molar-refractivity contribution in [2.45, 2.75) is 19.8 Å². The first-order chi connectivity index (χ1) is 9.15. The van der Waals surface area contributed by atoms with Gasteiger partial charge in [0.1, 0.15) is 5.82 Å². The molecule has 0 atom stereocenters. The molecule has 0 saturated carbocycles. The summed E-state index contributed by atoms with van der Waals surface area (Å²) < 4.78 is 0. The molecule has 5 nitrogen and oxygen atoms in total. The highest BCUT2D eigenvalue weighted by Crippen LogP contribution is 2.12. The fourth-order valence-corrected chi connectivity index (χ4v) is 2.15. The van der Waals surface area contributed by atoms with E-state index in [1.54, 1.807) is 12.1 Å². The molecule has 2 heterocycles. The van der Waals surface area contributed by atoms with E-state index in [4.69, 9.17) is 5.73 Å². The van der Waals surface area contributed by atoms with Gasteiger partial charge in [0.2, 0.25) is 5.91 Å². The van der Waals surface area contributed by atoms with E-state index in [-0.39, 0.29) is 0 Å². The molecule has 4 N–H and O–H groups in total. The minimum atomic E-state index is -0.422. The number of hydrogen-bond donors (Lipinski definition) is 3. The van der Waals surface area contributed by atoms with Gasteiger partial charge in [0, 0.05) is 24.3 Å². The summed E-state index contributed by atoms with van der Waals surface area (Å²) in [6.45, 7) is 4.69. The number of rotatable bonds is 5. The van der Waals surface area contributed by atoms with E-state index in [9.17, 15) is 4.79 Å². The van der Waals surface area contributed by atoms with Crippen molar-refractivity contribution in [2.75, 3.05) is 25.0 Å². The number of aromatic nitrogens is 1. The lowest BCUT2D eigenvalue weighted by Crippen LogP contribution is -2.21. The van der Waals surface area contributed by atoms with Crippen molar-refractivity contribution in [3.05, 3.63) is 35.0 Å². The largest absolute Gasteiger partial charge is 0.370 e. The second kappa shape index (κ2) is 6.33. The summed E-state index contributed by atoms with van der Waals surface area (Å²) in [4.78, 5) is 15.5. The third-order valence-electron chi connectivity index (χ3n) is 3.15. The van der Waals surface area contributed by atoms with E-state index in [2.05, 4.69) is 21.7 Å². The Morgan fingerprint density at radius 2 is 2.37 bits per heavy atom. The number of carbonyl (C=O) groups excluding carboxylic acids is 1. The van der Waals surface area contributed by atoms with Crippen LogP contribution in [0.25, 0.3) is 0 Å². The lowest BCUT2D eigenvalue weighted by molar-refractivity contribution is 0.1000. The van der Waals surface area contributed by atoms with Gasteiger partial charge in [-0.25, -0.2) is 4.98 Å². The molecule has 0 saturated heterocycles. The molecule has 19 heavy (non-hydrogen) atoms. The Morgan fingerprint density at radius 3 is 3.05 bits per heavy atom. The van der Waals surface area contributed by atoms with E-state index in [1.165, 1.54) is 5.57 Å². The zero-order chi connectivity index (χ0) is 13.7. The SMILES string of the molecule is Cc1cc(C(N)=O)cc(NCCC2=CCNCC2)n1. The predicted molar refractivity (Wildman–Crippen MR) is 76.2 cm³/mol. The number of nitrogens with one attached hydrogen (secondary N) is 2. The van der Waals surface area contributed by atoms with Gasteiger partial charge < -0.3 is 16.4 Å². The average Bonchev–Trinajstić information content (AvgIpc) is 2.39. The molecule has 0 unspecified atom stereocenters. The molecule has 1 aliphatic heterocycles. The smallest absolute Gasteiger partial charge is 0.248 e. The Hall–Kier alpha value is -1.88. The van der Waals surface area contributed by atoms with E-state index >= 15 is 0 Å². The van der Waals surface area contributed by atoms with Gasteiger partial charge >= 0.3 is 0 Å². The normalized spacial score (nSPS) is 14.9. The van der Waals surface area contributed by atoms with Crippen LogP contribution in [0.2, 0.25) is 0 Å². The van der Waals surface area contributed by atoms with Crippen LogP contribution in [0.15, 0.2) is 23.8 Å². The summed E-state index contributed by atoms with van der Waals surface area (Å²) in [5.41, 5.74) is 8.04. The zero-order valence-electron chi connectivity index (χ0n) is 11.2. The number of amides is 1. The maximum absolute atomic E-state index is 11.2. The molecule has 1 amide bonds. The molecule has 0 spiro atoms. The molecule has 0 fully saturated rings. The first kappa shape index (κ1) is 13.5. The molecule has 0 bridgehead atoms. The highest BCUT2D eigenvalue weighted by molar-refractivity contribution is 5.93. The maximum atomic E-state index is 11.2. The Bertz CT molecular complexity index is 496. The summed E-state index contributed by atoms with van der Waals surface area (Å²) in [5, 5.41) is 6.54. The van der Waals surface area contributed by atoms with Crippen molar-refractivity contribution < 1.29 is 4.79 Å². The van der Waals surface area contributed by atoms with Crippen molar-refractivity contribution in [2.24, 2.45) is 5.73 Å². The quantitative estimate of drug-likeness (QED) is 0.695. The molecule has 1 aromatic heterocycles. The van der Waals surface area contributed by atoms with Gasteiger partial charge in [-0.05, 0) is 38.4 Å². The molecule has 102 valence electrons. The maximum Gasteiger partial charge on any atom is 0.248 e. The molecule has 2 rings (SSSR count). The van der Waals surface area contributed by atoms with Crippen LogP contribution in [0, 0.1) is 6.92 Å². The number of nitrogens with two attached hydrogens (primary N) is 1. The summed E-state index contributed by atoms with van der Waals surface area (Å²) >= 11 is 0. The topological polar surface area (TPSA) is 80.0 Å². The average molecular weight is 260 g/mol. The van der Waals surface area contributed by atoms with Gasteiger partial charge in [0.25, 0.3) is 0 Å². The third-order valence-corrected chi connectivity index (χ3v) is 3.15. The van der Waals surface area contributed by atoms with Crippen molar-refractivity contribution in [1.29, 1.82) is 0 Å². The predicted octanol–water partition coefficient (Wildman–Crippen LogP) is 1.21. The number of primary amides is 1. The first-order valence-electron chi connectivity index (χ1n) is 6.56. The van der Waals surface area contributed by atoms with Crippen LogP contribution < -0.4 is 16.4 Å². The van der Waals surface area contributed by atoms with Gasteiger partial charge in [0.15, 0.2) is 0 Å². The number of hydrogen-bond acceptors (Lipinski definition) is 4. The van der Waals surface area contributed by atoms with Crippen LogP contribution in [0.1, 0.15) is 28.9 Å². The van der Waals surface area contributed by atoms with E-state index in [0.29, 0.717) is 11.4 Å². The third kappa shape index (κ3) is 4.06. The number of aryl methyl sites for hydroxylation is 1. The Morgan fingerprint density at radius 1 is 1.53 bits per heavy atom. The Balaban J connectivity index is 1.92. The van der Waals surface area contributed by atoms with Crippen molar-refractivity contribution in [3.63, 3.8) is 0 Å². The van der Waals surface area contributed by atoms with Gasteiger partial charge in [-0.2, -0.15) is 0 Å². The van der Waals surface area contributed by atoms with Crippen LogP contribution in [-0.2, 0) is 0 Å². The molecule has 1 aromatic rings. The molecule has 1 aliphatic rings. The van der Waals surface area contributed by atoms with Crippen molar-refractivity contribution >= 4 is 11.7 Å². The number of anilines is 1. The molecular weight excluding hydrogens is 240 g/mol. The van der Waals surface area contributed by atoms with Crippen molar-refractivity contribution in [1.82, 2.24) is 10.3 Å². The van der Waals surface area contributed by atoms with Crippen LogP contribution in [0.3, 0.4) is 0 Å². The Kier molecular flexibility index (Phi) is 4.52. The lowest BCUT2D eigenvalue weighted by Gasteiger charge is -2.14. The second-order valence-corrected chi connectivity index (χ2v) is 4.74. The summed E-state index contributed by atoms with van der Waals surface area (Å²) in [5.74, 6) is 0.290. The lowest BCUT2D eigenvalue weighted by atomic mass is 10.1. The van der Waals surface area contributed by atoms with Crippen LogP contribution in [0.5, 0.6) is 0 Å². The first-order valence-corrected chi connectivity index (χ1v) is 6.56. The van der Waals surface area contributed by atoms with Crippen LogP contribution >= 0.6 is 0 Å². The number of pyridine rings is 1. The summed E-state index contributed by atoms with van der Waals surface area (Å²) in [6, 6.07) is 3.40. The summed E-state index contributed by atoms with van der Waals surface area (Å²) in [6.07, 6.45) is 4.35.